The van der Waals surface area contributed by atoms with Crippen LogP contribution in [0.25, 0.3) is 0 Å². The van der Waals surface area contributed by atoms with Crippen LogP contribution in [0.15, 0.2) is 6.33 Å². The molecule has 3 unspecified atom stereocenters. The van der Waals surface area contributed by atoms with Crippen LogP contribution in [-0.2, 0) is 4.79 Å². The van der Waals surface area contributed by atoms with Crippen LogP contribution < -0.4 is 5.32 Å². The van der Waals surface area contributed by atoms with E-state index in [0.717, 1.165) is 18.8 Å². The molecule has 1 amide bonds. The van der Waals surface area contributed by atoms with Gasteiger partial charge in [0.2, 0.25) is 5.91 Å². The molecule has 1 aromatic heterocycles. The summed E-state index contributed by atoms with van der Waals surface area (Å²) in [4.78, 5) is 20.2. The molecule has 0 spiro atoms. The van der Waals surface area contributed by atoms with E-state index in [1.807, 2.05) is 0 Å². The van der Waals surface area contributed by atoms with E-state index in [1.165, 1.54) is 38.4 Å². The average molecular weight is 328 g/mol. The number of carbonyl (C=O) groups is 1. The fourth-order valence-electron chi connectivity index (χ4n) is 3.77. The topological polar surface area (TPSA) is 54.9 Å². The Morgan fingerprint density at radius 3 is 2.67 bits per heavy atom. The summed E-state index contributed by atoms with van der Waals surface area (Å²) in [6, 6.07) is 0. The molecule has 1 N–H and O–H groups in total. The molecule has 2 aliphatic rings. The molecule has 0 aromatic carbocycles. The van der Waals surface area contributed by atoms with E-state index in [4.69, 9.17) is 23.2 Å². The highest BCUT2D eigenvalue weighted by molar-refractivity contribution is 6.42. The van der Waals surface area contributed by atoms with E-state index in [0.29, 0.717) is 11.7 Å². The molecule has 0 radical (unpaired) electrons. The zero-order chi connectivity index (χ0) is 14.8. The van der Waals surface area contributed by atoms with Crippen LogP contribution in [0.4, 0.5) is 5.82 Å². The Bertz CT molecular complexity index is 538. The number of carbonyl (C=O) groups excluding carboxylic acids is 1. The lowest BCUT2D eigenvalue weighted by Gasteiger charge is -2.38. The van der Waals surface area contributed by atoms with Gasteiger partial charge in [-0.05, 0) is 31.1 Å². The Balaban J connectivity index is 1.64. The smallest absolute Gasteiger partial charge is 0.228 e. The molecule has 0 saturated heterocycles. The van der Waals surface area contributed by atoms with Crippen LogP contribution in [0.2, 0.25) is 10.2 Å². The van der Waals surface area contributed by atoms with Crippen molar-refractivity contribution in [3.63, 3.8) is 0 Å². The van der Waals surface area contributed by atoms with Crippen molar-refractivity contribution in [2.75, 3.05) is 5.32 Å². The summed E-state index contributed by atoms with van der Waals surface area (Å²) in [5.74, 6) is 1.94. The van der Waals surface area contributed by atoms with Gasteiger partial charge in [0.1, 0.15) is 11.3 Å². The molecule has 21 heavy (non-hydrogen) atoms. The van der Waals surface area contributed by atoms with E-state index in [9.17, 15) is 4.79 Å². The third-order valence-electron chi connectivity index (χ3n) is 4.90. The molecular formula is C15H19Cl2N3O. The predicted molar refractivity (Wildman–Crippen MR) is 83.5 cm³/mol. The number of halogens is 2. The first kappa shape index (κ1) is 15.0. The zero-order valence-corrected chi connectivity index (χ0v) is 13.3. The first-order valence-corrected chi connectivity index (χ1v) is 8.37. The van der Waals surface area contributed by atoms with Gasteiger partial charge in [-0.25, -0.2) is 9.97 Å². The van der Waals surface area contributed by atoms with Crippen molar-refractivity contribution in [3.05, 3.63) is 16.5 Å². The number of amides is 1. The Labute approximate surface area is 134 Å². The van der Waals surface area contributed by atoms with Crippen molar-refractivity contribution in [2.24, 2.45) is 17.8 Å². The van der Waals surface area contributed by atoms with Crippen LogP contribution in [0.5, 0.6) is 0 Å². The van der Waals surface area contributed by atoms with Crippen LogP contribution in [0.1, 0.15) is 44.9 Å². The first-order chi connectivity index (χ1) is 10.1. The highest BCUT2D eigenvalue weighted by atomic mass is 35.5. The molecule has 0 aliphatic heterocycles. The van der Waals surface area contributed by atoms with Gasteiger partial charge in [0, 0.05) is 5.92 Å². The number of nitrogens with one attached hydrogen (secondary N) is 1. The summed E-state index contributed by atoms with van der Waals surface area (Å²) in [5, 5.41) is 3.18. The third-order valence-corrected chi connectivity index (χ3v) is 5.64. The summed E-state index contributed by atoms with van der Waals surface area (Å²) in [6.45, 7) is 0. The molecule has 1 aromatic rings. The summed E-state index contributed by atoms with van der Waals surface area (Å²) in [5.41, 5.74) is 0. The van der Waals surface area contributed by atoms with Gasteiger partial charge in [0.15, 0.2) is 11.0 Å². The van der Waals surface area contributed by atoms with Crippen molar-refractivity contribution in [2.45, 2.75) is 44.9 Å². The largest absolute Gasteiger partial charge is 0.309 e. The van der Waals surface area contributed by atoms with Gasteiger partial charge >= 0.3 is 0 Å². The van der Waals surface area contributed by atoms with Gasteiger partial charge in [-0.1, -0.05) is 48.9 Å². The van der Waals surface area contributed by atoms with E-state index < -0.39 is 0 Å². The van der Waals surface area contributed by atoms with E-state index in [2.05, 4.69) is 15.3 Å². The molecule has 6 heteroatoms. The number of fused-ring (bicyclic) bond motifs is 1. The molecular weight excluding hydrogens is 309 g/mol. The second kappa shape index (κ2) is 6.49. The lowest BCUT2D eigenvalue weighted by atomic mass is 9.67. The molecule has 3 rings (SSSR count). The highest BCUT2D eigenvalue weighted by Crippen LogP contribution is 2.43. The molecule has 0 bridgehead atoms. The number of rotatable bonds is 2. The Hall–Kier alpha value is -0.870. The maximum Gasteiger partial charge on any atom is 0.228 e. The highest BCUT2D eigenvalue weighted by Gasteiger charge is 2.35. The number of anilines is 1. The average Bonchev–Trinajstić information content (AvgIpc) is 2.51. The summed E-state index contributed by atoms with van der Waals surface area (Å²) < 4.78 is 0. The van der Waals surface area contributed by atoms with Crippen molar-refractivity contribution in [3.8, 4) is 0 Å². The van der Waals surface area contributed by atoms with Crippen LogP contribution >= 0.6 is 23.2 Å². The minimum Gasteiger partial charge on any atom is -0.309 e. The van der Waals surface area contributed by atoms with Crippen molar-refractivity contribution in [1.29, 1.82) is 0 Å². The van der Waals surface area contributed by atoms with Crippen molar-refractivity contribution >= 4 is 34.9 Å². The number of aromatic nitrogens is 2. The van der Waals surface area contributed by atoms with Gasteiger partial charge < -0.3 is 5.32 Å². The van der Waals surface area contributed by atoms with Crippen molar-refractivity contribution < 1.29 is 4.79 Å². The normalized spacial score (nSPS) is 28.8. The first-order valence-electron chi connectivity index (χ1n) is 7.62. The van der Waals surface area contributed by atoms with Gasteiger partial charge in [-0.15, -0.1) is 0 Å². The molecule has 2 saturated carbocycles. The number of hydrogen-bond donors (Lipinski definition) is 1. The van der Waals surface area contributed by atoms with Crippen LogP contribution in [0.3, 0.4) is 0 Å². The predicted octanol–water partition coefficient (Wildman–Crippen LogP) is 4.33. The maximum absolute atomic E-state index is 12.4. The van der Waals surface area contributed by atoms with E-state index in [-0.39, 0.29) is 22.0 Å². The molecule has 2 fully saturated rings. The molecule has 114 valence electrons. The van der Waals surface area contributed by atoms with Crippen LogP contribution in [0, 0.1) is 17.8 Å². The second-order valence-corrected chi connectivity index (χ2v) is 6.87. The van der Waals surface area contributed by atoms with Crippen molar-refractivity contribution in [1.82, 2.24) is 9.97 Å². The van der Waals surface area contributed by atoms with E-state index >= 15 is 0 Å². The second-order valence-electron chi connectivity index (χ2n) is 6.13. The summed E-state index contributed by atoms with van der Waals surface area (Å²) >= 11 is 11.9. The maximum atomic E-state index is 12.4. The molecule has 3 atom stereocenters. The molecule has 4 nitrogen and oxygen atoms in total. The zero-order valence-electron chi connectivity index (χ0n) is 11.8. The Kier molecular flexibility index (Phi) is 4.65. The molecule has 2 aliphatic carbocycles. The minimum atomic E-state index is 0.00990. The SMILES string of the molecule is O=C(Nc1ncnc(Cl)c1Cl)C1CCC2CCCCC2C1. The van der Waals surface area contributed by atoms with E-state index in [1.54, 1.807) is 0 Å². The molecule has 1 heterocycles. The third kappa shape index (κ3) is 3.32. The van der Waals surface area contributed by atoms with Gasteiger partial charge in [-0.3, -0.25) is 4.79 Å². The summed E-state index contributed by atoms with van der Waals surface area (Å²) in [7, 11) is 0. The van der Waals surface area contributed by atoms with Gasteiger partial charge in [0.05, 0.1) is 0 Å². The monoisotopic (exact) mass is 327 g/mol. The fraction of sp³-hybridized carbons (Fsp3) is 0.667. The number of hydrogen-bond acceptors (Lipinski definition) is 3. The standard InChI is InChI=1S/C15H19Cl2N3O/c16-12-13(17)18-8-19-14(12)20-15(21)11-6-5-9-3-1-2-4-10(9)7-11/h8-11H,1-7H2,(H,18,19,20,21). The number of nitrogens with zero attached hydrogens (tertiary/aromatic N) is 2. The lowest BCUT2D eigenvalue weighted by molar-refractivity contribution is -0.122. The Morgan fingerprint density at radius 2 is 1.86 bits per heavy atom. The quantitative estimate of drug-likeness (QED) is 0.822. The summed E-state index contributed by atoms with van der Waals surface area (Å²) in [6.07, 6.45) is 9.70. The van der Waals surface area contributed by atoms with Gasteiger partial charge in [-0.2, -0.15) is 0 Å². The minimum absolute atomic E-state index is 0.00990. The fourth-order valence-corrected chi connectivity index (χ4v) is 4.04. The van der Waals surface area contributed by atoms with Crippen LogP contribution in [-0.4, -0.2) is 15.9 Å². The lowest BCUT2D eigenvalue weighted by Crippen LogP contribution is -2.34. The Morgan fingerprint density at radius 1 is 1.10 bits per heavy atom. The van der Waals surface area contributed by atoms with Gasteiger partial charge in [0.25, 0.3) is 0 Å².